The number of anilines is 1. The molecule has 0 fully saturated rings. The molecule has 0 radical (unpaired) electrons. The van der Waals surface area contributed by atoms with Crippen molar-refractivity contribution < 1.29 is 31.0 Å². The van der Waals surface area contributed by atoms with Crippen molar-refractivity contribution in [3.63, 3.8) is 0 Å². The van der Waals surface area contributed by atoms with E-state index in [4.69, 9.17) is 14.2 Å². The molecule has 244 valence electrons. The Morgan fingerprint density at radius 1 is 0.809 bits per heavy atom. The number of methoxy groups -OCH3 is 1. The zero-order valence-electron chi connectivity index (χ0n) is 25.7. The topological polar surface area (TPSA) is 172 Å². The van der Waals surface area contributed by atoms with Crippen molar-refractivity contribution in [3.05, 3.63) is 103 Å². The van der Waals surface area contributed by atoms with Gasteiger partial charge in [-0.1, -0.05) is 50.2 Å². The van der Waals surface area contributed by atoms with E-state index in [1.165, 1.54) is 43.9 Å². The fourth-order valence-electron chi connectivity index (χ4n) is 4.21. The fourth-order valence-corrected chi connectivity index (χ4v) is 6.18. The third-order valence-electron chi connectivity index (χ3n) is 6.67. The fraction of sp³-hybridized carbons (Fsp3) is 0.188. The smallest absolute Gasteiger partial charge is 0.280 e. The third-order valence-corrected chi connectivity index (χ3v) is 9.40. The van der Waals surface area contributed by atoms with Gasteiger partial charge in [0.1, 0.15) is 6.61 Å². The summed E-state index contributed by atoms with van der Waals surface area (Å²) >= 11 is 0. The maximum absolute atomic E-state index is 13.6. The number of pyridine rings is 2. The minimum absolute atomic E-state index is 0.0838. The van der Waals surface area contributed by atoms with Gasteiger partial charge in [0.15, 0.2) is 28.2 Å². The highest BCUT2D eigenvalue weighted by Crippen LogP contribution is 2.41. The van der Waals surface area contributed by atoms with Crippen LogP contribution < -0.4 is 23.7 Å². The largest absolute Gasteiger partial charge is 0.493 e. The number of ether oxygens (including phenoxy) is 3. The molecule has 2 aromatic carbocycles. The zero-order chi connectivity index (χ0) is 33.4. The molecule has 0 aliphatic carbocycles. The molecule has 0 aliphatic rings. The second-order valence-corrected chi connectivity index (χ2v) is 13.7. The molecule has 0 amide bonds. The molecule has 3 heterocycles. The van der Waals surface area contributed by atoms with Crippen molar-refractivity contribution in [2.75, 3.05) is 25.0 Å². The van der Waals surface area contributed by atoms with Crippen LogP contribution in [-0.2, 0) is 20.0 Å². The summed E-state index contributed by atoms with van der Waals surface area (Å²) in [7, 11) is -6.66. The first-order valence-electron chi connectivity index (χ1n) is 14.4. The van der Waals surface area contributed by atoms with Crippen LogP contribution in [0.5, 0.6) is 23.1 Å². The van der Waals surface area contributed by atoms with Crippen LogP contribution >= 0.6 is 0 Å². The monoisotopic (exact) mass is 676 g/mol. The molecular formula is C32H32N6O7S2. The maximum Gasteiger partial charge on any atom is 0.280 e. The van der Waals surface area contributed by atoms with Gasteiger partial charge in [0.05, 0.1) is 12.0 Å². The lowest BCUT2D eigenvalue weighted by Crippen LogP contribution is -2.28. The molecule has 5 aromatic rings. The van der Waals surface area contributed by atoms with Gasteiger partial charge in [-0.05, 0) is 53.9 Å². The summed E-state index contributed by atoms with van der Waals surface area (Å²) in [5.74, 6) is 0.164. The van der Waals surface area contributed by atoms with Gasteiger partial charge >= 0.3 is 0 Å². The van der Waals surface area contributed by atoms with Crippen LogP contribution in [0.15, 0.2) is 107 Å². The Morgan fingerprint density at radius 2 is 1.51 bits per heavy atom. The van der Waals surface area contributed by atoms with E-state index in [0.29, 0.717) is 11.3 Å². The molecule has 2 N–H and O–H groups in total. The minimum atomic E-state index is -4.30. The number of benzene rings is 2. The molecule has 0 saturated carbocycles. The molecule has 0 saturated heterocycles. The number of hydrogen-bond acceptors (Lipinski definition) is 11. The number of aromatic nitrogens is 4. The molecular weight excluding hydrogens is 645 g/mol. The van der Waals surface area contributed by atoms with E-state index in [9.17, 15) is 16.8 Å². The molecule has 0 bridgehead atoms. The molecule has 47 heavy (non-hydrogen) atoms. The van der Waals surface area contributed by atoms with Crippen molar-refractivity contribution >= 4 is 25.9 Å². The Labute approximate surface area is 273 Å². The van der Waals surface area contributed by atoms with Crippen LogP contribution in [-0.4, -0.2) is 57.0 Å². The quantitative estimate of drug-likeness (QED) is 0.151. The summed E-state index contributed by atoms with van der Waals surface area (Å²) in [4.78, 5) is 17.3. The first-order chi connectivity index (χ1) is 22.6. The van der Waals surface area contributed by atoms with E-state index in [2.05, 4.69) is 29.4 Å². The molecule has 0 unspecified atom stereocenters. The first-order valence-corrected chi connectivity index (χ1v) is 17.3. The van der Waals surface area contributed by atoms with Crippen molar-refractivity contribution in [3.8, 4) is 34.5 Å². The molecule has 15 heteroatoms. The highest BCUT2D eigenvalue weighted by Gasteiger charge is 2.26. The first kappa shape index (κ1) is 33.2. The Morgan fingerprint density at radius 3 is 2.17 bits per heavy atom. The van der Waals surface area contributed by atoms with Crippen molar-refractivity contribution in [1.29, 1.82) is 0 Å². The van der Waals surface area contributed by atoms with Gasteiger partial charge in [0, 0.05) is 30.7 Å². The van der Waals surface area contributed by atoms with E-state index < -0.39 is 20.0 Å². The Kier molecular flexibility index (Phi) is 10.3. The molecule has 5 rings (SSSR count). The van der Waals surface area contributed by atoms with Gasteiger partial charge in [0.25, 0.3) is 15.9 Å². The Balaban J connectivity index is 1.55. The molecule has 13 nitrogen and oxygen atoms in total. The summed E-state index contributed by atoms with van der Waals surface area (Å²) < 4.78 is 75.3. The number of nitrogens with zero attached hydrogens (tertiary/aromatic N) is 4. The van der Waals surface area contributed by atoms with E-state index in [1.54, 1.807) is 60.7 Å². The maximum atomic E-state index is 13.6. The second kappa shape index (κ2) is 14.5. The average Bonchev–Trinajstić information content (AvgIpc) is 3.08. The number of para-hydroxylation sites is 2. The van der Waals surface area contributed by atoms with Gasteiger partial charge in [-0.3, -0.25) is 9.71 Å². The molecule has 0 spiro atoms. The van der Waals surface area contributed by atoms with Crippen LogP contribution in [0, 0.1) is 0 Å². The summed E-state index contributed by atoms with van der Waals surface area (Å²) in [5, 5.41) is -0.244. The summed E-state index contributed by atoms with van der Waals surface area (Å²) in [6.07, 6.45) is 4.56. The third kappa shape index (κ3) is 8.19. The van der Waals surface area contributed by atoms with E-state index >= 15 is 0 Å². The number of sulfonamides is 2. The Bertz CT molecular complexity index is 2030. The summed E-state index contributed by atoms with van der Waals surface area (Å²) in [5.41, 5.74) is 1.36. The van der Waals surface area contributed by atoms with Gasteiger partial charge in [-0.25, -0.2) is 23.1 Å². The van der Waals surface area contributed by atoms with Crippen LogP contribution in [0.4, 0.5) is 5.82 Å². The number of rotatable bonds is 14. The van der Waals surface area contributed by atoms with Crippen molar-refractivity contribution in [2.45, 2.75) is 29.7 Å². The highest BCUT2D eigenvalue weighted by molar-refractivity contribution is 7.92. The molecule has 0 aliphatic heterocycles. The van der Waals surface area contributed by atoms with Gasteiger partial charge < -0.3 is 14.2 Å². The lowest BCUT2D eigenvalue weighted by atomic mass is 10.1. The summed E-state index contributed by atoms with van der Waals surface area (Å²) in [6.45, 7) is 3.60. The highest BCUT2D eigenvalue weighted by atomic mass is 32.2. The SMILES string of the molecule is COc1ccccc1Oc1c(NS(=O)(=O)c2ccc(C(C)C)cn2)nc(-c2ccncc2)nc1OCCNS(=O)(=O)c1ccccc1. The van der Waals surface area contributed by atoms with E-state index in [1.807, 2.05) is 13.8 Å². The summed E-state index contributed by atoms with van der Waals surface area (Å²) in [6, 6.07) is 21.0. The molecule has 0 atom stereocenters. The number of hydrogen-bond donors (Lipinski definition) is 2. The van der Waals surface area contributed by atoms with Crippen LogP contribution in [0.1, 0.15) is 25.3 Å². The van der Waals surface area contributed by atoms with Gasteiger partial charge in [-0.15, -0.1) is 0 Å². The zero-order valence-corrected chi connectivity index (χ0v) is 27.3. The lowest BCUT2D eigenvalue weighted by Gasteiger charge is -2.18. The number of nitrogens with one attached hydrogen (secondary N) is 2. The van der Waals surface area contributed by atoms with Gasteiger partial charge in [0.2, 0.25) is 15.8 Å². The second-order valence-electron chi connectivity index (χ2n) is 10.3. The normalized spacial score (nSPS) is 11.7. The minimum Gasteiger partial charge on any atom is -0.493 e. The van der Waals surface area contributed by atoms with Crippen LogP contribution in [0.3, 0.4) is 0 Å². The lowest BCUT2D eigenvalue weighted by molar-refractivity contribution is 0.292. The predicted octanol–water partition coefficient (Wildman–Crippen LogP) is 5.02. The Hall–Kier alpha value is -5.12. The standard InChI is InChI=1S/C32H32N6O7S2/c1-22(2)24-13-14-28(34-21-24)47(41,42)38-31-29(45-27-12-8-7-11-26(27)43-3)32(37-30(36-31)23-15-17-33-18-16-23)44-20-19-35-46(39,40)25-9-5-4-6-10-25/h4-18,21-22,35H,19-20H2,1-3H3,(H,36,37,38). The average molecular weight is 677 g/mol. The van der Waals surface area contributed by atoms with Gasteiger partial charge in [-0.2, -0.15) is 13.4 Å². The van der Waals surface area contributed by atoms with Crippen molar-refractivity contribution in [1.82, 2.24) is 24.7 Å². The predicted molar refractivity (Wildman–Crippen MR) is 175 cm³/mol. The molecule has 3 aromatic heterocycles. The van der Waals surface area contributed by atoms with E-state index in [-0.39, 0.29) is 58.0 Å². The van der Waals surface area contributed by atoms with Crippen LogP contribution in [0.25, 0.3) is 11.4 Å². The van der Waals surface area contributed by atoms with Crippen molar-refractivity contribution in [2.24, 2.45) is 0 Å². The van der Waals surface area contributed by atoms with E-state index in [0.717, 1.165) is 5.56 Å². The van der Waals surface area contributed by atoms with Crippen LogP contribution in [0.2, 0.25) is 0 Å².